The number of thiophene rings is 1. The lowest BCUT2D eigenvalue weighted by atomic mass is 9.94. The van der Waals surface area contributed by atoms with Crippen molar-refractivity contribution in [2.45, 2.75) is 33.2 Å². The van der Waals surface area contributed by atoms with Crippen LogP contribution in [0, 0.1) is 11.8 Å². The summed E-state index contributed by atoms with van der Waals surface area (Å²) in [5.74, 6) is 0.428. The van der Waals surface area contributed by atoms with Crippen LogP contribution in [0.1, 0.15) is 31.6 Å². The van der Waals surface area contributed by atoms with Crippen LogP contribution >= 0.6 is 11.3 Å². The second-order valence-corrected chi connectivity index (χ2v) is 7.37. The van der Waals surface area contributed by atoms with Crippen LogP contribution in [-0.4, -0.2) is 41.2 Å². The van der Waals surface area contributed by atoms with Gasteiger partial charge in [-0.3, -0.25) is 9.59 Å². The van der Waals surface area contributed by atoms with Gasteiger partial charge in [0.15, 0.2) is 0 Å². The van der Waals surface area contributed by atoms with Crippen molar-refractivity contribution in [3.05, 3.63) is 35.0 Å². The molecule has 126 valence electrons. The van der Waals surface area contributed by atoms with E-state index in [1.54, 1.807) is 17.4 Å². The molecule has 2 heterocycles. The highest BCUT2D eigenvalue weighted by atomic mass is 32.1. The average Bonchev–Trinajstić information content (AvgIpc) is 3.06. The van der Waals surface area contributed by atoms with Gasteiger partial charge in [-0.2, -0.15) is 0 Å². The van der Waals surface area contributed by atoms with E-state index in [0.29, 0.717) is 26.2 Å². The molecule has 0 unspecified atom stereocenters. The van der Waals surface area contributed by atoms with E-state index < -0.39 is 0 Å². The third-order valence-corrected chi connectivity index (χ3v) is 5.10. The molecule has 1 saturated heterocycles. The summed E-state index contributed by atoms with van der Waals surface area (Å²) in [4.78, 5) is 29.8. The molecule has 0 bridgehead atoms. The first-order valence-corrected chi connectivity index (χ1v) is 9.11. The largest absolute Gasteiger partial charge is 0.342 e. The van der Waals surface area contributed by atoms with Crippen molar-refractivity contribution in [3.63, 3.8) is 0 Å². The molecule has 1 aliphatic heterocycles. The number of hydrogen-bond acceptors (Lipinski definition) is 3. The fourth-order valence-corrected chi connectivity index (χ4v) is 3.67. The number of nitrogens with zero attached hydrogens (tertiary/aromatic N) is 2. The van der Waals surface area contributed by atoms with E-state index in [1.807, 2.05) is 35.1 Å². The second kappa shape index (κ2) is 8.29. The van der Waals surface area contributed by atoms with Crippen LogP contribution in [0.4, 0.5) is 0 Å². The van der Waals surface area contributed by atoms with E-state index in [4.69, 9.17) is 0 Å². The maximum atomic E-state index is 12.8. The van der Waals surface area contributed by atoms with Gasteiger partial charge in [-0.15, -0.1) is 17.9 Å². The van der Waals surface area contributed by atoms with Gasteiger partial charge in [-0.25, -0.2) is 0 Å². The molecule has 4 nitrogen and oxygen atoms in total. The third kappa shape index (κ3) is 4.67. The zero-order chi connectivity index (χ0) is 16.8. The highest BCUT2D eigenvalue weighted by Gasteiger charge is 2.30. The molecule has 2 rings (SSSR count). The van der Waals surface area contributed by atoms with Crippen molar-refractivity contribution in [1.82, 2.24) is 9.80 Å². The summed E-state index contributed by atoms with van der Waals surface area (Å²) in [5, 5.41) is 2.03. The smallest absolute Gasteiger partial charge is 0.226 e. The summed E-state index contributed by atoms with van der Waals surface area (Å²) < 4.78 is 0. The Kier molecular flexibility index (Phi) is 6.39. The molecule has 1 aromatic rings. The SMILES string of the molecule is C=CCN(Cc1cccs1)C(=O)C1CCN(C(=O)C(C)C)CC1. The summed E-state index contributed by atoms with van der Waals surface area (Å²) in [6.07, 6.45) is 3.30. The number of hydrogen-bond donors (Lipinski definition) is 0. The van der Waals surface area contributed by atoms with Crippen molar-refractivity contribution >= 4 is 23.2 Å². The monoisotopic (exact) mass is 334 g/mol. The lowest BCUT2D eigenvalue weighted by Gasteiger charge is -2.34. The van der Waals surface area contributed by atoms with Crippen LogP contribution in [0.15, 0.2) is 30.2 Å². The molecule has 2 amide bonds. The maximum absolute atomic E-state index is 12.8. The van der Waals surface area contributed by atoms with Gasteiger partial charge in [0.25, 0.3) is 0 Å². The molecule has 1 fully saturated rings. The second-order valence-electron chi connectivity index (χ2n) is 6.34. The van der Waals surface area contributed by atoms with Crippen molar-refractivity contribution in [3.8, 4) is 0 Å². The van der Waals surface area contributed by atoms with Gasteiger partial charge in [0.2, 0.25) is 11.8 Å². The van der Waals surface area contributed by atoms with Gasteiger partial charge in [0.05, 0.1) is 6.54 Å². The number of rotatable bonds is 6. The first-order chi connectivity index (χ1) is 11.0. The quantitative estimate of drug-likeness (QED) is 0.750. The number of piperidine rings is 1. The molecule has 0 spiro atoms. The van der Waals surface area contributed by atoms with Gasteiger partial charge in [-0.1, -0.05) is 26.0 Å². The lowest BCUT2D eigenvalue weighted by molar-refractivity contribution is -0.142. The van der Waals surface area contributed by atoms with E-state index >= 15 is 0 Å². The number of likely N-dealkylation sites (tertiary alicyclic amines) is 1. The van der Waals surface area contributed by atoms with Crippen LogP contribution in [0.3, 0.4) is 0 Å². The summed E-state index contributed by atoms with van der Waals surface area (Å²) in [6, 6.07) is 4.06. The first kappa shape index (κ1) is 17.7. The first-order valence-electron chi connectivity index (χ1n) is 8.23. The molecule has 0 atom stereocenters. The number of carbonyl (C=O) groups is 2. The van der Waals surface area contributed by atoms with Gasteiger partial charge in [-0.05, 0) is 24.3 Å². The normalized spacial score (nSPS) is 15.7. The molecule has 23 heavy (non-hydrogen) atoms. The highest BCUT2D eigenvalue weighted by molar-refractivity contribution is 7.09. The molecular formula is C18H26N2O2S. The molecule has 0 N–H and O–H groups in total. The minimum atomic E-state index is 0.0196. The molecule has 1 aromatic heterocycles. The van der Waals surface area contributed by atoms with Crippen LogP contribution in [0.25, 0.3) is 0 Å². The minimum absolute atomic E-state index is 0.0196. The molecular weight excluding hydrogens is 308 g/mol. The average molecular weight is 334 g/mol. The Morgan fingerprint density at radius 2 is 2.13 bits per heavy atom. The zero-order valence-corrected chi connectivity index (χ0v) is 14.8. The Bertz CT molecular complexity index is 531. The fraction of sp³-hybridized carbons (Fsp3) is 0.556. The Hall–Kier alpha value is -1.62. The lowest BCUT2D eigenvalue weighted by Crippen LogP contribution is -2.45. The van der Waals surface area contributed by atoms with Crippen molar-refractivity contribution in [2.24, 2.45) is 11.8 Å². The van der Waals surface area contributed by atoms with Gasteiger partial charge >= 0.3 is 0 Å². The van der Waals surface area contributed by atoms with Crippen LogP contribution < -0.4 is 0 Å². The van der Waals surface area contributed by atoms with E-state index in [2.05, 4.69) is 12.6 Å². The molecule has 5 heteroatoms. The molecule has 0 saturated carbocycles. The topological polar surface area (TPSA) is 40.6 Å². The van der Waals surface area contributed by atoms with Gasteiger partial charge in [0, 0.05) is 36.3 Å². The van der Waals surface area contributed by atoms with E-state index in [0.717, 1.165) is 12.8 Å². The Labute approximate surface area is 142 Å². The zero-order valence-electron chi connectivity index (χ0n) is 14.0. The molecule has 0 radical (unpaired) electrons. The minimum Gasteiger partial charge on any atom is -0.342 e. The van der Waals surface area contributed by atoms with Crippen molar-refractivity contribution in [1.29, 1.82) is 0 Å². The van der Waals surface area contributed by atoms with Crippen molar-refractivity contribution in [2.75, 3.05) is 19.6 Å². The van der Waals surface area contributed by atoms with Crippen LogP contribution in [0.5, 0.6) is 0 Å². The number of amides is 2. The molecule has 1 aliphatic rings. The summed E-state index contributed by atoms with van der Waals surface area (Å²) in [7, 11) is 0. The van der Waals surface area contributed by atoms with Crippen LogP contribution in [0.2, 0.25) is 0 Å². The van der Waals surface area contributed by atoms with Gasteiger partial charge in [0.1, 0.15) is 0 Å². The molecule has 0 aliphatic carbocycles. The summed E-state index contributed by atoms with van der Waals surface area (Å²) in [6.45, 7) is 10.2. The van der Waals surface area contributed by atoms with Crippen molar-refractivity contribution < 1.29 is 9.59 Å². The predicted octanol–water partition coefficient (Wildman–Crippen LogP) is 3.16. The van der Waals surface area contributed by atoms with E-state index in [-0.39, 0.29) is 23.7 Å². The standard InChI is InChI=1S/C18H26N2O2S/c1-4-9-20(13-16-6-5-12-23-16)18(22)15-7-10-19(11-8-15)17(21)14(2)3/h4-6,12,14-15H,1,7-11,13H2,2-3H3. The maximum Gasteiger partial charge on any atom is 0.226 e. The van der Waals surface area contributed by atoms with E-state index in [9.17, 15) is 9.59 Å². The van der Waals surface area contributed by atoms with Crippen LogP contribution in [-0.2, 0) is 16.1 Å². The summed E-state index contributed by atoms with van der Waals surface area (Å²) >= 11 is 1.67. The highest BCUT2D eigenvalue weighted by Crippen LogP contribution is 2.22. The Balaban J connectivity index is 1.93. The Morgan fingerprint density at radius 3 is 2.65 bits per heavy atom. The fourth-order valence-electron chi connectivity index (χ4n) is 2.95. The third-order valence-electron chi connectivity index (χ3n) is 4.24. The Morgan fingerprint density at radius 1 is 1.43 bits per heavy atom. The summed E-state index contributed by atoms with van der Waals surface area (Å²) in [5.41, 5.74) is 0. The van der Waals surface area contributed by atoms with Gasteiger partial charge < -0.3 is 9.80 Å². The predicted molar refractivity (Wildman–Crippen MR) is 94.1 cm³/mol. The number of carbonyl (C=O) groups excluding carboxylic acids is 2. The van der Waals surface area contributed by atoms with E-state index in [1.165, 1.54) is 4.88 Å². The molecule has 0 aromatic carbocycles.